The normalized spacial score (nSPS) is 31.9. The number of Topliss-reactive ketones (excluding diaryl/α,β-unsaturated/α-hetero) is 1. The maximum absolute atomic E-state index is 13.6. The molecule has 0 saturated heterocycles. The third-order valence-corrected chi connectivity index (χ3v) is 7.52. The van der Waals surface area contributed by atoms with Crippen molar-refractivity contribution < 1.29 is 43.2 Å². The molecule has 1 aliphatic heterocycles. The van der Waals surface area contributed by atoms with Crippen LogP contribution >= 0.6 is 0 Å². The largest absolute Gasteiger partial charge is 0.492 e. The molecule has 0 aromatic heterocycles. The van der Waals surface area contributed by atoms with E-state index in [9.17, 15) is 24.3 Å². The number of rotatable bonds is 4. The molecule has 42 heavy (non-hydrogen) atoms. The zero-order valence-electron chi connectivity index (χ0n) is 25.9. The van der Waals surface area contributed by atoms with Gasteiger partial charge in [-0.25, -0.2) is 4.79 Å². The minimum Gasteiger partial charge on any atom is -0.492 e. The second kappa shape index (κ2) is 15.6. The average molecular weight is 589 g/mol. The minimum atomic E-state index is -0.948. The Hall–Kier alpha value is -3.54. The van der Waals surface area contributed by atoms with E-state index >= 15 is 0 Å². The lowest BCUT2D eigenvalue weighted by Crippen LogP contribution is -2.37. The van der Waals surface area contributed by atoms with Gasteiger partial charge in [-0.05, 0) is 38.2 Å². The van der Waals surface area contributed by atoms with Crippen LogP contribution in [0.2, 0.25) is 0 Å². The number of aliphatic hydroxyl groups excluding tert-OH is 1. The molecule has 232 valence electrons. The maximum atomic E-state index is 13.6. The summed E-state index contributed by atoms with van der Waals surface area (Å²) >= 11 is 0. The first-order chi connectivity index (χ1) is 19.8. The van der Waals surface area contributed by atoms with Crippen LogP contribution < -0.4 is 5.32 Å². The van der Waals surface area contributed by atoms with Gasteiger partial charge in [0.25, 0.3) is 5.91 Å². The molecule has 0 aromatic rings. The lowest BCUT2D eigenvalue weighted by atomic mass is 9.85. The summed E-state index contributed by atoms with van der Waals surface area (Å²) in [4.78, 5) is 53.1. The number of ether oxygens (including phenoxy) is 4. The van der Waals surface area contributed by atoms with Gasteiger partial charge in [0.2, 0.25) is 11.6 Å². The van der Waals surface area contributed by atoms with E-state index in [1.807, 2.05) is 13.8 Å². The highest BCUT2D eigenvalue weighted by Crippen LogP contribution is 2.31. The lowest BCUT2D eigenvalue weighted by Gasteiger charge is -2.30. The summed E-state index contributed by atoms with van der Waals surface area (Å²) in [5.74, 6) is -2.18. The second-order valence-electron chi connectivity index (χ2n) is 10.7. The predicted molar refractivity (Wildman–Crippen MR) is 156 cm³/mol. The first-order valence-corrected chi connectivity index (χ1v) is 13.8. The number of likely N-dealkylation sites (N-methyl/N-ethyl adjacent to an activating group) is 1. The maximum Gasteiger partial charge on any atom is 0.407 e. The van der Waals surface area contributed by atoms with Crippen LogP contribution in [0.3, 0.4) is 0 Å². The first kappa shape index (κ1) is 34.7. The van der Waals surface area contributed by atoms with Crippen LogP contribution in [0.4, 0.5) is 4.79 Å². The predicted octanol–water partition coefficient (Wildman–Crippen LogP) is 3.01. The van der Waals surface area contributed by atoms with Gasteiger partial charge in [0.15, 0.2) is 11.9 Å². The summed E-state index contributed by atoms with van der Waals surface area (Å²) in [5, 5.41) is 13.7. The van der Waals surface area contributed by atoms with Crippen LogP contribution in [-0.4, -0.2) is 93.4 Å². The van der Waals surface area contributed by atoms with E-state index in [4.69, 9.17) is 18.9 Å². The Morgan fingerprint density at radius 1 is 1.10 bits per heavy atom. The van der Waals surface area contributed by atoms with Gasteiger partial charge in [-0.1, -0.05) is 38.2 Å². The Morgan fingerprint density at radius 3 is 2.33 bits per heavy atom. The molecule has 2 amide bonds. The summed E-state index contributed by atoms with van der Waals surface area (Å²) in [6.07, 6.45) is 4.39. The van der Waals surface area contributed by atoms with Crippen molar-refractivity contribution in [3.8, 4) is 0 Å². The van der Waals surface area contributed by atoms with Crippen molar-refractivity contribution in [2.75, 3.05) is 35.4 Å². The fourth-order valence-electron chi connectivity index (χ4n) is 5.12. The number of nitrogens with one attached hydrogen (secondary N) is 1. The second-order valence-corrected chi connectivity index (χ2v) is 10.7. The standard InChI is InChI=1S/C31H44N2O9/c1-17-13-21-27(36)22(16-23(34)29(21)41-9)33(6)30(37)18(2)11-10-12-24(39-7)28(42-31(38)32-5)20(4)15-19(3)26(35)25(14-17)40-8/h10-12,15-17,19,24-26,28,35H,13-14H2,1-9H3,(H,32,38)/b12-10+,18-11-,20-15+. The van der Waals surface area contributed by atoms with Gasteiger partial charge in [0.1, 0.15) is 6.10 Å². The van der Waals surface area contributed by atoms with Gasteiger partial charge in [-0.3, -0.25) is 14.4 Å². The number of carbonyl (C=O) groups excluding carboxylic acids is 4. The highest BCUT2D eigenvalue weighted by atomic mass is 16.6. The van der Waals surface area contributed by atoms with Gasteiger partial charge < -0.3 is 34.3 Å². The van der Waals surface area contributed by atoms with E-state index in [1.54, 1.807) is 38.2 Å². The summed E-state index contributed by atoms with van der Waals surface area (Å²) in [7, 11) is 7.16. The number of allylic oxidation sites excluding steroid dienone is 4. The molecule has 2 bridgehead atoms. The third-order valence-electron chi connectivity index (χ3n) is 7.52. The molecule has 0 radical (unpaired) electrons. The van der Waals surface area contributed by atoms with Crippen LogP contribution in [0.25, 0.3) is 0 Å². The molecule has 2 N–H and O–H groups in total. The lowest BCUT2D eigenvalue weighted by molar-refractivity contribution is -0.127. The zero-order valence-corrected chi connectivity index (χ0v) is 25.9. The number of methoxy groups -OCH3 is 3. The Bertz CT molecular complexity index is 1200. The number of amides is 2. The van der Waals surface area contributed by atoms with Gasteiger partial charge >= 0.3 is 6.09 Å². The first-order valence-electron chi connectivity index (χ1n) is 13.8. The summed E-state index contributed by atoms with van der Waals surface area (Å²) in [6, 6.07) is 0. The molecule has 11 heteroatoms. The number of carbonyl (C=O) groups is 4. The molecule has 1 aliphatic carbocycles. The number of ketones is 2. The molecule has 11 nitrogen and oxygen atoms in total. The van der Waals surface area contributed by atoms with Crippen LogP contribution in [0.5, 0.6) is 0 Å². The molecule has 2 rings (SSSR count). The van der Waals surface area contributed by atoms with E-state index in [-0.39, 0.29) is 34.9 Å². The molecule has 0 saturated carbocycles. The van der Waals surface area contributed by atoms with E-state index in [0.29, 0.717) is 12.0 Å². The fourth-order valence-corrected chi connectivity index (χ4v) is 5.12. The van der Waals surface area contributed by atoms with Crippen molar-refractivity contribution in [2.24, 2.45) is 11.8 Å². The number of nitrogens with zero attached hydrogens (tertiary/aromatic N) is 1. The van der Waals surface area contributed by atoms with Crippen molar-refractivity contribution in [2.45, 2.75) is 65.0 Å². The Labute approximate surface area is 247 Å². The molecule has 1 heterocycles. The van der Waals surface area contributed by atoms with Crippen molar-refractivity contribution in [1.82, 2.24) is 10.2 Å². The fraction of sp³-hybridized carbons (Fsp3) is 0.548. The van der Waals surface area contributed by atoms with Crippen molar-refractivity contribution in [3.05, 3.63) is 58.6 Å². The van der Waals surface area contributed by atoms with E-state index in [2.05, 4.69) is 5.32 Å². The third kappa shape index (κ3) is 8.27. The van der Waals surface area contributed by atoms with Crippen molar-refractivity contribution in [1.29, 1.82) is 0 Å². The Balaban J connectivity index is 2.66. The summed E-state index contributed by atoms with van der Waals surface area (Å²) in [6.45, 7) is 7.06. The molecular weight excluding hydrogens is 544 g/mol. The quantitative estimate of drug-likeness (QED) is 0.375. The zero-order chi connectivity index (χ0) is 31.7. The molecule has 2 aliphatic rings. The van der Waals surface area contributed by atoms with Gasteiger partial charge in [0.05, 0.1) is 25.0 Å². The number of fused-ring (bicyclic) bond motifs is 2. The summed E-state index contributed by atoms with van der Waals surface area (Å²) in [5.41, 5.74) is 1.03. The SMILES string of the molecule is CNC(=O)OC1/C(C)=C/C(C)C(O)C(OC)CC(C)CC2=C(OC)C(=O)C=C(C2=O)N(C)C(=O)/C(C)=C\C=C\C1OC. The highest BCUT2D eigenvalue weighted by molar-refractivity contribution is 6.23. The molecule has 0 aromatic carbocycles. The Morgan fingerprint density at radius 2 is 1.76 bits per heavy atom. The molecular formula is C31H44N2O9. The molecule has 0 fully saturated rings. The molecule has 6 unspecified atom stereocenters. The monoisotopic (exact) mass is 588 g/mol. The van der Waals surface area contributed by atoms with Crippen molar-refractivity contribution >= 4 is 23.6 Å². The number of hydrogen-bond acceptors (Lipinski definition) is 9. The number of hydrogen-bond donors (Lipinski definition) is 2. The van der Waals surface area contributed by atoms with Crippen LogP contribution in [0.15, 0.2) is 58.6 Å². The minimum absolute atomic E-state index is 0.0618. The van der Waals surface area contributed by atoms with E-state index in [1.165, 1.54) is 35.4 Å². The van der Waals surface area contributed by atoms with Gasteiger partial charge in [-0.15, -0.1) is 0 Å². The van der Waals surface area contributed by atoms with Crippen LogP contribution in [-0.2, 0) is 33.3 Å². The van der Waals surface area contributed by atoms with Gasteiger partial charge in [-0.2, -0.15) is 0 Å². The highest BCUT2D eigenvalue weighted by Gasteiger charge is 2.35. The van der Waals surface area contributed by atoms with E-state index in [0.717, 1.165) is 11.0 Å². The number of aliphatic hydroxyl groups is 1. The van der Waals surface area contributed by atoms with Gasteiger partial charge in [0, 0.05) is 51.5 Å². The molecule has 6 atom stereocenters. The van der Waals surface area contributed by atoms with Crippen LogP contribution in [0, 0.1) is 11.8 Å². The molecule has 0 spiro atoms. The van der Waals surface area contributed by atoms with Crippen LogP contribution in [0.1, 0.15) is 40.5 Å². The van der Waals surface area contributed by atoms with Crippen molar-refractivity contribution in [3.63, 3.8) is 0 Å². The average Bonchev–Trinajstić information content (AvgIpc) is 2.96. The summed E-state index contributed by atoms with van der Waals surface area (Å²) < 4.78 is 22.2. The number of alkyl carbamates (subject to hydrolysis) is 1. The smallest absolute Gasteiger partial charge is 0.407 e. The Kier molecular flexibility index (Phi) is 12.9. The topological polar surface area (TPSA) is 141 Å². The van der Waals surface area contributed by atoms with E-state index < -0.39 is 53.9 Å².